The first-order valence-corrected chi connectivity index (χ1v) is 6.31. The number of hydrogen-bond donors (Lipinski definition) is 0. The molecule has 1 aromatic heterocycles. The van der Waals surface area contributed by atoms with Gasteiger partial charge in [0.05, 0.1) is 15.5 Å². The van der Waals surface area contributed by atoms with Crippen LogP contribution in [-0.2, 0) is 0 Å². The van der Waals surface area contributed by atoms with E-state index in [4.69, 9.17) is 11.6 Å². The molecule has 0 N–H and O–H groups in total. The SMILES string of the molecule is Cc1cc(C)c(C(=O)c2sccc2Cl)c(F)c1. The molecule has 0 atom stereocenters. The zero-order valence-corrected chi connectivity index (χ0v) is 11.0. The third kappa shape index (κ3) is 2.26. The van der Waals surface area contributed by atoms with Crippen molar-refractivity contribution in [3.05, 3.63) is 56.0 Å². The largest absolute Gasteiger partial charge is 0.288 e. The quantitative estimate of drug-likeness (QED) is 0.739. The smallest absolute Gasteiger partial charge is 0.207 e. The van der Waals surface area contributed by atoms with Crippen molar-refractivity contribution in [2.75, 3.05) is 0 Å². The second kappa shape index (κ2) is 4.59. The zero-order valence-electron chi connectivity index (χ0n) is 9.38. The molecule has 0 aliphatic carbocycles. The summed E-state index contributed by atoms with van der Waals surface area (Å²) in [5.74, 6) is -0.836. The number of carbonyl (C=O) groups excluding carboxylic acids is 1. The molecular formula is C13H10ClFOS. The van der Waals surface area contributed by atoms with Gasteiger partial charge in [0.25, 0.3) is 0 Å². The Morgan fingerprint density at radius 3 is 2.59 bits per heavy atom. The minimum absolute atomic E-state index is 0.111. The Kier molecular flexibility index (Phi) is 3.31. The molecule has 2 rings (SSSR count). The lowest BCUT2D eigenvalue weighted by atomic mass is 10.0. The van der Waals surface area contributed by atoms with Gasteiger partial charge in [-0.15, -0.1) is 11.3 Å². The van der Waals surface area contributed by atoms with E-state index >= 15 is 0 Å². The topological polar surface area (TPSA) is 17.1 Å². The number of aryl methyl sites for hydroxylation is 2. The summed E-state index contributed by atoms with van der Waals surface area (Å²) in [5.41, 5.74) is 1.55. The zero-order chi connectivity index (χ0) is 12.6. The van der Waals surface area contributed by atoms with Crippen molar-refractivity contribution in [3.63, 3.8) is 0 Å². The molecule has 0 saturated carbocycles. The van der Waals surface area contributed by atoms with Crippen LogP contribution in [-0.4, -0.2) is 5.78 Å². The summed E-state index contributed by atoms with van der Waals surface area (Å²) in [6, 6.07) is 4.79. The molecule has 0 saturated heterocycles. The Balaban J connectivity index is 2.56. The van der Waals surface area contributed by atoms with Crippen molar-refractivity contribution in [2.24, 2.45) is 0 Å². The van der Waals surface area contributed by atoms with Crippen LogP contribution in [0.15, 0.2) is 23.6 Å². The standard InChI is InChI=1S/C13H10ClFOS/c1-7-5-8(2)11(10(15)6-7)12(16)13-9(14)3-4-17-13/h3-6H,1-2H3. The van der Waals surface area contributed by atoms with Crippen LogP contribution in [0.5, 0.6) is 0 Å². The first-order valence-electron chi connectivity index (χ1n) is 5.05. The predicted molar refractivity (Wildman–Crippen MR) is 68.6 cm³/mol. The maximum atomic E-state index is 13.8. The maximum absolute atomic E-state index is 13.8. The Bertz CT molecular complexity index is 566. The van der Waals surface area contributed by atoms with Crippen molar-refractivity contribution < 1.29 is 9.18 Å². The summed E-state index contributed by atoms with van der Waals surface area (Å²) in [5, 5.41) is 2.09. The molecule has 88 valence electrons. The van der Waals surface area contributed by atoms with Crippen LogP contribution in [0, 0.1) is 19.7 Å². The van der Waals surface area contributed by atoms with Crippen LogP contribution in [0.3, 0.4) is 0 Å². The van der Waals surface area contributed by atoms with E-state index in [0.717, 1.165) is 5.56 Å². The second-order valence-electron chi connectivity index (χ2n) is 3.87. The van der Waals surface area contributed by atoms with E-state index in [9.17, 15) is 9.18 Å². The Labute approximate surface area is 108 Å². The van der Waals surface area contributed by atoms with E-state index in [2.05, 4.69) is 0 Å². The minimum atomic E-state index is -0.489. The van der Waals surface area contributed by atoms with Gasteiger partial charge in [0, 0.05) is 0 Å². The molecule has 0 aliphatic rings. The monoisotopic (exact) mass is 268 g/mol. The van der Waals surface area contributed by atoms with E-state index in [-0.39, 0.29) is 11.3 Å². The minimum Gasteiger partial charge on any atom is -0.288 e. The van der Waals surface area contributed by atoms with Crippen molar-refractivity contribution in [3.8, 4) is 0 Å². The lowest BCUT2D eigenvalue weighted by molar-refractivity contribution is 0.103. The molecule has 0 amide bonds. The number of hydrogen-bond acceptors (Lipinski definition) is 2. The van der Waals surface area contributed by atoms with E-state index in [1.807, 2.05) is 0 Å². The third-order valence-corrected chi connectivity index (χ3v) is 3.82. The van der Waals surface area contributed by atoms with Crippen LogP contribution >= 0.6 is 22.9 Å². The molecule has 0 unspecified atom stereocenters. The van der Waals surface area contributed by atoms with Crippen LogP contribution in [0.2, 0.25) is 5.02 Å². The van der Waals surface area contributed by atoms with Gasteiger partial charge in [-0.25, -0.2) is 4.39 Å². The van der Waals surface area contributed by atoms with Gasteiger partial charge in [0.2, 0.25) is 5.78 Å². The molecule has 1 heterocycles. The van der Waals surface area contributed by atoms with E-state index in [0.29, 0.717) is 15.5 Å². The summed E-state index contributed by atoms with van der Waals surface area (Å²) >= 11 is 7.11. The normalized spacial score (nSPS) is 10.6. The Morgan fingerprint density at radius 2 is 2.06 bits per heavy atom. The maximum Gasteiger partial charge on any atom is 0.207 e. The average Bonchev–Trinajstić information content (AvgIpc) is 2.62. The molecule has 0 fully saturated rings. The van der Waals surface area contributed by atoms with Gasteiger partial charge in [0.15, 0.2) is 0 Å². The highest BCUT2D eigenvalue weighted by Gasteiger charge is 2.20. The van der Waals surface area contributed by atoms with E-state index in [1.54, 1.807) is 31.4 Å². The van der Waals surface area contributed by atoms with Crippen molar-refractivity contribution >= 4 is 28.7 Å². The van der Waals surface area contributed by atoms with Crippen molar-refractivity contribution in [1.29, 1.82) is 0 Å². The first-order chi connectivity index (χ1) is 8.00. The van der Waals surface area contributed by atoms with Crippen LogP contribution in [0.1, 0.15) is 26.4 Å². The number of carbonyl (C=O) groups is 1. The number of benzene rings is 1. The Morgan fingerprint density at radius 1 is 1.35 bits per heavy atom. The fourth-order valence-electron chi connectivity index (χ4n) is 1.77. The molecular weight excluding hydrogens is 259 g/mol. The van der Waals surface area contributed by atoms with Crippen LogP contribution < -0.4 is 0 Å². The highest BCUT2D eigenvalue weighted by atomic mass is 35.5. The molecule has 2 aromatic rings. The number of thiophene rings is 1. The molecule has 4 heteroatoms. The summed E-state index contributed by atoms with van der Waals surface area (Å²) in [6.07, 6.45) is 0. The molecule has 0 spiro atoms. The Hall–Kier alpha value is -1.19. The van der Waals surface area contributed by atoms with Gasteiger partial charge in [0.1, 0.15) is 5.82 Å². The summed E-state index contributed by atoms with van der Waals surface area (Å²) in [4.78, 5) is 12.6. The van der Waals surface area contributed by atoms with Gasteiger partial charge in [-0.3, -0.25) is 4.79 Å². The number of halogens is 2. The first kappa shape index (κ1) is 12.3. The van der Waals surface area contributed by atoms with E-state index < -0.39 is 5.82 Å². The molecule has 0 aliphatic heterocycles. The van der Waals surface area contributed by atoms with Crippen LogP contribution in [0.4, 0.5) is 4.39 Å². The molecule has 1 nitrogen and oxygen atoms in total. The van der Waals surface area contributed by atoms with Gasteiger partial charge in [-0.05, 0) is 42.5 Å². The number of ketones is 1. The van der Waals surface area contributed by atoms with E-state index in [1.165, 1.54) is 17.4 Å². The van der Waals surface area contributed by atoms with Crippen molar-refractivity contribution in [2.45, 2.75) is 13.8 Å². The summed E-state index contributed by atoms with van der Waals surface area (Å²) in [6.45, 7) is 3.52. The summed E-state index contributed by atoms with van der Waals surface area (Å²) < 4.78 is 13.8. The van der Waals surface area contributed by atoms with Gasteiger partial charge < -0.3 is 0 Å². The van der Waals surface area contributed by atoms with Crippen LogP contribution in [0.25, 0.3) is 0 Å². The average molecular weight is 269 g/mol. The van der Waals surface area contributed by atoms with Gasteiger partial charge in [-0.2, -0.15) is 0 Å². The number of rotatable bonds is 2. The third-order valence-electron chi connectivity index (χ3n) is 2.48. The molecule has 0 radical (unpaired) electrons. The molecule has 17 heavy (non-hydrogen) atoms. The molecule has 1 aromatic carbocycles. The fraction of sp³-hybridized carbons (Fsp3) is 0.154. The predicted octanol–water partition coefficient (Wildman–Crippen LogP) is 4.39. The lowest BCUT2D eigenvalue weighted by Crippen LogP contribution is -2.06. The fourth-order valence-corrected chi connectivity index (χ4v) is 2.86. The highest BCUT2D eigenvalue weighted by Crippen LogP contribution is 2.27. The summed E-state index contributed by atoms with van der Waals surface area (Å²) in [7, 11) is 0. The van der Waals surface area contributed by atoms with Crippen molar-refractivity contribution in [1.82, 2.24) is 0 Å². The lowest BCUT2D eigenvalue weighted by Gasteiger charge is -2.07. The molecule has 0 bridgehead atoms. The van der Waals surface area contributed by atoms with Gasteiger partial charge >= 0.3 is 0 Å². The second-order valence-corrected chi connectivity index (χ2v) is 5.19. The van der Waals surface area contributed by atoms with Gasteiger partial charge in [-0.1, -0.05) is 17.7 Å². The highest BCUT2D eigenvalue weighted by molar-refractivity contribution is 7.13.